The first-order chi connectivity index (χ1) is 8.86. The van der Waals surface area contributed by atoms with Gasteiger partial charge < -0.3 is 5.32 Å². The number of hydrogen-bond donors (Lipinski definition) is 1. The van der Waals surface area contributed by atoms with Crippen molar-refractivity contribution in [3.05, 3.63) is 33.9 Å². The second kappa shape index (κ2) is 5.96. The molecule has 0 spiro atoms. The molecule has 0 saturated carbocycles. The lowest BCUT2D eigenvalue weighted by Gasteiger charge is -2.14. The number of amides is 1. The van der Waals surface area contributed by atoms with Gasteiger partial charge in [-0.15, -0.1) is 0 Å². The van der Waals surface area contributed by atoms with Gasteiger partial charge in [-0.1, -0.05) is 19.9 Å². The zero-order valence-corrected chi connectivity index (χ0v) is 11.0. The van der Waals surface area contributed by atoms with Gasteiger partial charge in [0.05, 0.1) is 16.7 Å². The molecule has 0 heterocycles. The number of anilines is 1. The Kier molecular flexibility index (Phi) is 4.59. The highest BCUT2D eigenvalue weighted by Crippen LogP contribution is 2.23. The van der Waals surface area contributed by atoms with Crippen molar-refractivity contribution in [2.24, 2.45) is 11.8 Å². The minimum absolute atomic E-state index is 0.0982. The number of non-ortho nitro benzene ring substituents is 1. The zero-order chi connectivity index (χ0) is 14.6. The van der Waals surface area contributed by atoms with Crippen LogP contribution in [-0.4, -0.2) is 10.8 Å². The third-order valence-electron chi connectivity index (χ3n) is 2.78. The van der Waals surface area contributed by atoms with Crippen LogP contribution in [0.3, 0.4) is 0 Å². The smallest absolute Gasteiger partial charge is 0.271 e. The van der Waals surface area contributed by atoms with Crippen molar-refractivity contribution in [1.29, 1.82) is 5.26 Å². The normalized spacial score (nSPS) is 11.7. The molecule has 0 aliphatic carbocycles. The maximum absolute atomic E-state index is 11.9. The SMILES string of the molecule is Cc1ccc([N+](=O)[O-])cc1NC(=O)C(C#N)C(C)C. The van der Waals surface area contributed by atoms with Crippen LogP contribution in [0.15, 0.2) is 18.2 Å². The fourth-order valence-electron chi connectivity index (χ4n) is 1.58. The van der Waals surface area contributed by atoms with Crippen molar-refractivity contribution < 1.29 is 9.72 Å². The number of nitro groups is 1. The average Bonchev–Trinajstić information content (AvgIpc) is 2.31. The number of nitro benzene ring substituents is 1. The molecule has 6 nitrogen and oxygen atoms in total. The lowest BCUT2D eigenvalue weighted by atomic mass is 9.96. The summed E-state index contributed by atoms with van der Waals surface area (Å²) in [7, 11) is 0. The molecule has 1 rings (SSSR count). The molecular formula is C13H15N3O3. The van der Waals surface area contributed by atoms with Crippen LogP contribution in [0.1, 0.15) is 19.4 Å². The zero-order valence-electron chi connectivity index (χ0n) is 11.0. The van der Waals surface area contributed by atoms with Gasteiger partial charge in [-0.3, -0.25) is 14.9 Å². The largest absolute Gasteiger partial charge is 0.324 e. The summed E-state index contributed by atoms with van der Waals surface area (Å²) in [5, 5.41) is 22.2. The summed E-state index contributed by atoms with van der Waals surface area (Å²) in [6.45, 7) is 5.28. The minimum Gasteiger partial charge on any atom is -0.324 e. The standard InChI is InChI=1S/C13H15N3O3/c1-8(2)11(7-14)13(17)15-12-6-10(16(18)19)5-4-9(12)3/h4-6,8,11H,1-3H3,(H,15,17). The molecule has 1 atom stereocenters. The average molecular weight is 261 g/mol. The highest BCUT2D eigenvalue weighted by Gasteiger charge is 2.22. The lowest BCUT2D eigenvalue weighted by Crippen LogP contribution is -2.26. The molecule has 1 amide bonds. The number of carbonyl (C=O) groups is 1. The van der Waals surface area contributed by atoms with E-state index < -0.39 is 16.7 Å². The molecule has 0 aliphatic rings. The van der Waals surface area contributed by atoms with E-state index in [0.29, 0.717) is 11.3 Å². The number of aryl methyl sites for hydroxylation is 1. The van der Waals surface area contributed by atoms with Crippen molar-refractivity contribution in [2.75, 3.05) is 5.32 Å². The van der Waals surface area contributed by atoms with Gasteiger partial charge in [0, 0.05) is 12.1 Å². The maximum atomic E-state index is 11.9. The van der Waals surface area contributed by atoms with Gasteiger partial charge in [0.25, 0.3) is 5.69 Å². The first-order valence-electron chi connectivity index (χ1n) is 5.82. The fraction of sp³-hybridized carbons (Fsp3) is 0.385. The number of rotatable bonds is 4. The molecule has 1 N–H and O–H groups in total. The molecule has 1 unspecified atom stereocenters. The van der Waals surface area contributed by atoms with Crippen molar-refractivity contribution in [3.8, 4) is 6.07 Å². The van der Waals surface area contributed by atoms with Gasteiger partial charge in [0.1, 0.15) is 5.92 Å². The van der Waals surface area contributed by atoms with E-state index >= 15 is 0 Å². The Morgan fingerprint density at radius 3 is 2.58 bits per heavy atom. The Hall–Kier alpha value is -2.42. The predicted molar refractivity (Wildman–Crippen MR) is 70.4 cm³/mol. The topological polar surface area (TPSA) is 96.0 Å². The maximum Gasteiger partial charge on any atom is 0.271 e. The summed E-state index contributed by atoms with van der Waals surface area (Å²) in [5.41, 5.74) is 0.971. The minimum atomic E-state index is -0.779. The number of nitrogens with one attached hydrogen (secondary N) is 1. The molecule has 19 heavy (non-hydrogen) atoms. The molecule has 0 bridgehead atoms. The molecule has 0 saturated heterocycles. The molecular weight excluding hydrogens is 246 g/mol. The van der Waals surface area contributed by atoms with E-state index in [-0.39, 0.29) is 11.6 Å². The number of nitriles is 1. The van der Waals surface area contributed by atoms with E-state index in [1.54, 1.807) is 26.8 Å². The second-order valence-corrected chi connectivity index (χ2v) is 4.60. The van der Waals surface area contributed by atoms with E-state index in [9.17, 15) is 14.9 Å². The summed E-state index contributed by atoms with van der Waals surface area (Å²) in [6.07, 6.45) is 0. The molecule has 0 aliphatic heterocycles. The highest BCUT2D eigenvalue weighted by molar-refractivity contribution is 5.95. The summed E-state index contributed by atoms with van der Waals surface area (Å²) in [5.74, 6) is -1.34. The van der Waals surface area contributed by atoms with Gasteiger partial charge in [-0.2, -0.15) is 5.26 Å². The van der Waals surface area contributed by atoms with Crippen LogP contribution in [0.25, 0.3) is 0 Å². The molecule has 1 aromatic carbocycles. The molecule has 6 heteroatoms. The summed E-state index contributed by atoms with van der Waals surface area (Å²) >= 11 is 0. The van der Waals surface area contributed by atoms with Gasteiger partial charge >= 0.3 is 0 Å². The summed E-state index contributed by atoms with van der Waals surface area (Å²) < 4.78 is 0. The van der Waals surface area contributed by atoms with E-state index in [0.717, 1.165) is 0 Å². The Morgan fingerprint density at radius 1 is 1.47 bits per heavy atom. The Labute approximate surface area is 111 Å². The van der Waals surface area contributed by atoms with E-state index in [1.165, 1.54) is 12.1 Å². The predicted octanol–water partition coefficient (Wildman–Crippen LogP) is 2.64. The summed E-state index contributed by atoms with van der Waals surface area (Å²) in [4.78, 5) is 22.1. The van der Waals surface area contributed by atoms with Crippen molar-refractivity contribution >= 4 is 17.3 Å². The van der Waals surface area contributed by atoms with Gasteiger partial charge in [-0.05, 0) is 18.4 Å². The first kappa shape index (κ1) is 14.6. The first-order valence-corrected chi connectivity index (χ1v) is 5.82. The summed E-state index contributed by atoms with van der Waals surface area (Å²) in [6, 6.07) is 6.16. The van der Waals surface area contributed by atoms with Crippen molar-refractivity contribution in [1.82, 2.24) is 0 Å². The van der Waals surface area contributed by atoms with Crippen molar-refractivity contribution in [2.45, 2.75) is 20.8 Å². The molecule has 0 aromatic heterocycles. The van der Waals surface area contributed by atoms with Gasteiger partial charge in [0.2, 0.25) is 5.91 Å². The molecule has 100 valence electrons. The van der Waals surface area contributed by atoms with E-state index in [1.807, 2.05) is 6.07 Å². The van der Waals surface area contributed by atoms with Crippen LogP contribution in [0.5, 0.6) is 0 Å². The lowest BCUT2D eigenvalue weighted by molar-refractivity contribution is -0.384. The number of nitrogens with zero attached hydrogens (tertiary/aromatic N) is 2. The van der Waals surface area contributed by atoms with Crippen LogP contribution in [0.2, 0.25) is 0 Å². The third kappa shape index (κ3) is 3.52. The monoisotopic (exact) mass is 261 g/mol. The van der Waals surface area contributed by atoms with E-state index in [2.05, 4.69) is 5.32 Å². The molecule has 0 fully saturated rings. The quantitative estimate of drug-likeness (QED) is 0.665. The Balaban J connectivity index is 2.99. The van der Waals surface area contributed by atoms with Crippen LogP contribution in [-0.2, 0) is 4.79 Å². The van der Waals surface area contributed by atoms with Crippen LogP contribution in [0, 0.1) is 40.2 Å². The second-order valence-electron chi connectivity index (χ2n) is 4.60. The fourth-order valence-corrected chi connectivity index (χ4v) is 1.58. The van der Waals surface area contributed by atoms with Gasteiger partial charge in [0.15, 0.2) is 0 Å². The van der Waals surface area contributed by atoms with Crippen LogP contribution < -0.4 is 5.32 Å². The van der Waals surface area contributed by atoms with Gasteiger partial charge in [-0.25, -0.2) is 0 Å². The third-order valence-corrected chi connectivity index (χ3v) is 2.78. The van der Waals surface area contributed by atoms with E-state index in [4.69, 9.17) is 5.26 Å². The number of hydrogen-bond acceptors (Lipinski definition) is 4. The number of carbonyl (C=O) groups excluding carboxylic acids is 1. The Bertz CT molecular complexity index is 547. The number of benzene rings is 1. The molecule has 1 aromatic rings. The van der Waals surface area contributed by atoms with Crippen LogP contribution >= 0.6 is 0 Å². The van der Waals surface area contributed by atoms with Crippen molar-refractivity contribution in [3.63, 3.8) is 0 Å². The van der Waals surface area contributed by atoms with Crippen LogP contribution in [0.4, 0.5) is 11.4 Å². The molecule has 0 radical (unpaired) electrons. The Morgan fingerprint density at radius 2 is 2.11 bits per heavy atom. The highest BCUT2D eigenvalue weighted by atomic mass is 16.6.